The Hall–Kier alpha value is -1.41. The zero-order chi connectivity index (χ0) is 12.3. The Morgan fingerprint density at radius 2 is 2.24 bits per heavy atom. The first-order chi connectivity index (χ1) is 8.21. The van der Waals surface area contributed by atoms with E-state index in [1.54, 1.807) is 6.07 Å². The van der Waals surface area contributed by atoms with Gasteiger partial charge in [0, 0.05) is 12.5 Å². The van der Waals surface area contributed by atoms with Crippen LogP contribution in [0, 0.1) is 0 Å². The quantitative estimate of drug-likeness (QED) is 0.844. The number of aromatic nitrogens is 4. The molecule has 0 radical (unpaired) electrons. The largest absolute Gasteiger partial charge is 0.481 e. The molecule has 0 spiro atoms. The Morgan fingerprint density at radius 3 is 2.88 bits per heavy atom. The zero-order valence-electron chi connectivity index (χ0n) is 9.38. The monoisotopic (exact) mass is 269 g/mol. The standard InChI is InChI=1S/C9H11N5OS2/c1-3-5-11-9(17-14-5)16-7-4-6(15-2)12-8(10)13-7/h4H,3H2,1-2H3,(H2,10,12,13). The highest BCUT2D eigenvalue weighted by atomic mass is 32.2. The number of nitrogens with two attached hydrogens (primary N) is 1. The summed E-state index contributed by atoms with van der Waals surface area (Å²) in [4.78, 5) is 12.4. The van der Waals surface area contributed by atoms with Crippen LogP contribution in [0.1, 0.15) is 12.7 Å². The van der Waals surface area contributed by atoms with Crippen LogP contribution in [-0.2, 0) is 6.42 Å². The lowest BCUT2D eigenvalue weighted by Gasteiger charge is -2.02. The van der Waals surface area contributed by atoms with Crippen LogP contribution in [0.4, 0.5) is 5.95 Å². The van der Waals surface area contributed by atoms with Crippen LogP contribution in [0.2, 0.25) is 0 Å². The first kappa shape index (κ1) is 12.1. The molecule has 0 bridgehead atoms. The van der Waals surface area contributed by atoms with Crippen molar-refractivity contribution in [2.45, 2.75) is 22.7 Å². The van der Waals surface area contributed by atoms with Gasteiger partial charge in [-0.1, -0.05) is 6.92 Å². The fourth-order valence-corrected chi connectivity index (χ4v) is 2.74. The summed E-state index contributed by atoms with van der Waals surface area (Å²) in [5, 5.41) is 0.702. The van der Waals surface area contributed by atoms with Gasteiger partial charge in [0.15, 0.2) is 4.34 Å². The van der Waals surface area contributed by atoms with E-state index >= 15 is 0 Å². The van der Waals surface area contributed by atoms with Crippen molar-refractivity contribution >= 4 is 29.2 Å². The molecule has 0 aliphatic rings. The van der Waals surface area contributed by atoms with E-state index in [1.165, 1.54) is 30.4 Å². The number of anilines is 1. The molecule has 0 aliphatic carbocycles. The van der Waals surface area contributed by atoms with Crippen LogP contribution in [0.3, 0.4) is 0 Å². The fourth-order valence-electron chi connectivity index (χ4n) is 1.09. The molecule has 8 heteroatoms. The second-order valence-electron chi connectivity index (χ2n) is 3.04. The molecule has 0 saturated carbocycles. The third-order valence-electron chi connectivity index (χ3n) is 1.86. The molecule has 2 aromatic rings. The Morgan fingerprint density at radius 1 is 1.41 bits per heavy atom. The molecular weight excluding hydrogens is 258 g/mol. The molecule has 6 nitrogen and oxygen atoms in total. The number of nitrogen functional groups attached to an aromatic ring is 1. The van der Waals surface area contributed by atoms with E-state index in [2.05, 4.69) is 19.3 Å². The summed E-state index contributed by atoms with van der Waals surface area (Å²) in [6.45, 7) is 2.02. The molecule has 0 aliphatic heterocycles. The first-order valence-corrected chi connectivity index (χ1v) is 6.49. The number of ether oxygens (including phenoxy) is 1. The lowest BCUT2D eigenvalue weighted by atomic mass is 10.5. The molecule has 0 fully saturated rings. The third-order valence-corrected chi connectivity index (χ3v) is 3.57. The van der Waals surface area contributed by atoms with E-state index in [-0.39, 0.29) is 5.95 Å². The number of aryl methyl sites for hydroxylation is 1. The van der Waals surface area contributed by atoms with Gasteiger partial charge in [-0.2, -0.15) is 9.36 Å². The van der Waals surface area contributed by atoms with Crippen LogP contribution >= 0.6 is 23.3 Å². The van der Waals surface area contributed by atoms with Crippen molar-refractivity contribution in [2.75, 3.05) is 12.8 Å². The van der Waals surface area contributed by atoms with E-state index in [0.717, 1.165) is 16.6 Å². The van der Waals surface area contributed by atoms with Gasteiger partial charge in [-0.25, -0.2) is 9.97 Å². The van der Waals surface area contributed by atoms with Crippen molar-refractivity contribution in [1.82, 2.24) is 19.3 Å². The minimum absolute atomic E-state index is 0.187. The van der Waals surface area contributed by atoms with E-state index in [0.29, 0.717) is 10.9 Å². The Balaban J connectivity index is 2.20. The van der Waals surface area contributed by atoms with Gasteiger partial charge >= 0.3 is 0 Å². The van der Waals surface area contributed by atoms with Gasteiger partial charge < -0.3 is 10.5 Å². The van der Waals surface area contributed by atoms with Gasteiger partial charge in [0.1, 0.15) is 10.9 Å². The third kappa shape index (κ3) is 3.04. The van der Waals surface area contributed by atoms with Crippen molar-refractivity contribution < 1.29 is 4.74 Å². The average molecular weight is 269 g/mol. The van der Waals surface area contributed by atoms with E-state index < -0.39 is 0 Å². The number of hydrogen-bond donors (Lipinski definition) is 1. The normalized spacial score (nSPS) is 10.5. The Bertz CT molecular complexity index is 516. The van der Waals surface area contributed by atoms with Crippen LogP contribution in [0.15, 0.2) is 15.4 Å². The molecule has 2 rings (SSSR count). The maximum atomic E-state index is 5.57. The summed E-state index contributed by atoms with van der Waals surface area (Å²) in [5.74, 6) is 1.47. The summed E-state index contributed by atoms with van der Waals surface area (Å²) in [7, 11) is 1.54. The van der Waals surface area contributed by atoms with Crippen LogP contribution < -0.4 is 10.5 Å². The molecule has 0 unspecified atom stereocenters. The number of nitrogens with zero attached hydrogens (tertiary/aromatic N) is 4. The molecule has 17 heavy (non-hydrogen) atoms. The summed E-state index contributed by atoms with van der Waals surface area (Å²) < 4.78 is 10.1. The van der Waals surface area contributed by atoms with Crippen LogP contribution in [0.25, 0.3) is 0 Å². The van der Waals surface area contributed by atoms with Gasteiger partial charge in [-0.15, -0.1) is 0 Å². The lowest BCUT2D eigenvalue weighted by Crippen LogP contribution is -1.98. The molecule has 0 atom stereocenters. The zero-order valence-corrected chi connectivity index (χ0v) is 11.0. The molecule has 0 aromatic carbocycles. The highest BCUT2D eigenvalue weighted by Gasteiger charge is 2.08. The molecule has 2 aromatic heterocycles. The van der Waals surface area contributed by atoms with Gasteiger partial charge in [-0.05, 0) is 23.3 Å². The summed E-state index contributed by atoms with van der Waals surface area (Å²) in [5.41, 5.74) is 5.57. The molecule has 0 saturated heterocycles. The van der Waals surface area contributed by atoms with Gasteiger partial charge in [0.2, 0.25) is 11.8 Å². The molecule has 2 N–H and O–H groups in total. The van der Waals surface area contributed by atoms with Crippen molar-refractivity contribution in [2.24, 2.45) is 0 Å². The van der Waals surface area contributed by atoms with E-state index in [9.17, 15) is 0 Å². The van der Waals surface area contributed by atoms with Crippen molar-refractivity contribution in [3.8, 4) is 5.88 Å². The smallest absolute Gasteiger partial charge is 0.224 e. The maximum absolute atomic E-state index is 5.57. The highest BCUT2D eigenvalue weighted by Crippen LogP contribution is 2.29. The van der Waals surface area contributed by atoms with E-state index in [1.807, 2.05) is 6.92 Å². The lowest BCUT2D eigenvalue weighted by molar-refractivity contribution is 0.396. The van der Waals surface area contributed by atoms with Gasteiger partial charge in [0.25, 0.3) is 0 Å². The average Bonchev–Trinajstić information content (AvgIpc) is 2.76. The number of rotatable bonds is 4. The first-order valence-electron chi connectivity index (χ1n) is 4.90. The van der Waals surface area contributed by atoms with Gasteiger partial charge in [-0.3, -0.25) is 0 Å². The predicted octanol–water partition coefficient (Wildman–Crippen LogP) is 1.63. The van der Waals surface area contributed by atoms with Crippen molar-refractivity contribution in [1.29, 1.82) is 0 Å². The topological polar surface area (TPSA) is 86.8 Å². The van der Waals surface area contributed by atoms with Crippen molar-refractivity contribution in [3.05, 3.63) is 11.9 Å². The number of hydrogen-bond acceptors (Lipinski definition) is 8. The fraction of sp³-hybridized carbons (Fsp3) is 0.333. The maximum Gasteiger partial charge on any atom is 0.224 e. The second kappa shape index (κ2) is 5.28. The Kier molecular flexibility index (Phi) is 3.75. The Labute approximate surface area is 107 Å². The van der Waals surface area contributed by atoms with Crippen molar-refractivity contribution in [3.63, 3.8) is 0 Å². The van der Waals surface area contributed by atoms with Crippen LogP contribution in [0.5, 0.6) is 5.88 Å². The SMILES string of the molecule is CCc1nsc(Sc2cc(OC)nc(N)n2)n1. The van der Waals surface area contributed by atoms with Crippen LogP contribution in [-0.4, -0.2) is 26.4 Å². The summed E-state index contributed by atoms with van der Waals surface area (Å²) >= 11 is 2.75. The number of methoxy groups -OCH3 is 1. The minimum Gasteiger partial charge on any atom is -0.481 e. The predicted molar refractivity (Wildman–Crippen MR) is 66.4 cm³/mol. The highest BCUT2D eigenvalue weighted by molar-refractivity contribution is 8.00. The minimum atomic E-state index is 0.187. The van der Waals surface area contributed by atoms with Gasteiger partial charge in [0.05, 0.1) is 7.11 Å². The van der Waals surface area contributed by atoms with E-state index in [4.69, 9.17) is 10.5 Å². The molecular formula is C9H11N5OS2. The molecule has 0 amide bonds. The molecule has 90 valence electrons. The second-order valence-corrected chi connectivity index (χ2v) is 5.06. The molecule has 2 heterocycles. The summed E-state index contributed by atoms with van der Waals surface area (Å²) in [6.07, 6.45) is 0.826. The summed E-state index contributed by atoms with van der Waals surface area (Å²) in [6, 6.07) is 1.72.